The van der Waals surface area contributed by atoms with E-state index in [1.165, 1.54) is 6.26 Å². The Balaban J connectivity index is 2.57. The molecule has 0 saturated heterocycles. The first-order valence-corrected chi connectivity index (χ1v) is 8.41. The van der Waals surface area contributed by atoms with E-state index in [4.69, 9.17) is 5.73 Å². The van der Waals surface area contributed by atoms with Crippen LogP contribution in [-0.2, 0) is 16.4 Å². The molecule has 0 aliphatic heterocycles. The Hall–Kier alpha value is -1.08. The third-order valence-electron chi connectivity index (χ3n) is 3.28. The number of benzene rings is 1. The zero-order valence-electron chi connectivity index (χ0n) is 11.0. The largest absolute Gasteiger partial charge is 0.369 e. The van der Waals surface area contributed by atoms with Crippen molar-refractivity contribution in [2.24, 2.45) is 0 Å². The number of hydrogen-bond donors (Lipinski definition) is 1. The highest BCUT2D eigenvalue weighted by atomic mass is 79.9. The number of nitrogens with two attached hydrogens (primary N) is 1. The van der Waals surface area contributed by atoms with E-state index < -0.39 is 14.6 Å². The van der Waals surface area contributed by atoms with Crippen LogP contribution >= 0.6 is 15.9 Å². The molecule has 1 aromatic heterocycles. The van der Waals surface area contributed by atoms with Gasteiger partial charge in [-0.2, -0.15) is 0 Å². The van der Waals surface area contributed by atoms with E-state index in [-0.39, 0.29) is 6.54 Å². The van der Waals surface area contributed by atoms with Crippen LogP contribution in [0.25, 0.3) is 11.0 Å². The van der Waals surface area contributed by atoms with Crippen LogP contribution < -0.4 is 5.73 Å². The lowest BCUT2D eigenvalue weighted by atomic mass is 10.2. The zero-order valence-corrected chi connectivity index (χ0v) is 13.4. The van der Waals surface area contributed by atoms with Crippen molar-refractivity contribution in [3.05, 3.63) is 22.7 Å². The van der Waals surface area contributed by atoms with Gasteiger partial charge in [0.1, 0.15) is 0 Å². The van der Waals surface area contributed by atoms with Crippen LogP contribution in [0.4, 0.5) is 5.95 Å². The van der Waals surface area contributed by atoms with Crippen LogP contribution in [0.2, 0.25) is 0 Å². The molecule has 1 heterocycles. The van der Waals surface area contributed by atoms with Crippen molar-refractivity contribution in [3.8, 4) is 0 Å². The number of nitrogens with zero attached hydrogens (tertiary/aromatic N) is 2. The first kappa shape index (κ1) is 14.3. The second-order valence-corrected chi connectivity index (χ2v) is 8.79. The van der Waals surface area contributed by atoms with Gasteiger partial charge in [-0.05, 0) is 32.0 Å². The number of rotatable bonds is 3. The first-order valence-electron chi connectivity index (χ1n) is 5.73. The maximum atomic E-state index is 11.8. The van der Waals surface area contributed by atoms with Crippen molar-refractivity contribution in [3.63, 3.8) is 0 Å². The molecule has 0 unspecified atom stereocenters. The summed E-state index contributed by atoms with van der Waals surface area (Å²) in [6.45, 7) is 3.64. The van der Waals surface area contributed by atoms with Crippen molar-refractivity contribution in [2.45, 2.75) is 25.1 Å². The molecule has 2 rings (SSSR count). The molecule has 0 spiro atoms. The molecule has 2 N–H and O–H groups in total. The number of nitrogen functional groups attached to an aromatic ring is 1. The maximum Gasteiger partial charge on any atom is 0.201 e. The van der Waals surface area contributed by atoms with Crippen molar-refractivity contribution in [1.29, 1.82) is 0 Å². The Labute approximate surface area is 120 Å². The molecule has 19 heavy (non-hydrogen) atoms. The third kappa shape index (κ3) is 2.62. The smallest absolute Gasteiger partial charge is 0.201 e. The van der Waals surface area contributed by atoms with Gasteiger partial charge in [-0.1, -0.05) is 15.9 Å². The Morgan fingerprint density at radius 1 is 1.42 bits per heavy atom. The van der Waals surface area contributed by atoms with Crippen LogP contribution in [0.5, 0.6) is 0 Å². The Bertz CT molecular complexity index is 735. The minimum Gasteiger partial charge on any atom is -0.369 e. The predicted molar refractivity (Wildman–Crippen MR) is 80.8 cm³/mol. The average Bonchev–Trinajstić information content (AvgIpc) is 2.54. The molecule has 1 aromatic carbocycles. The van der Waals surface area contributed by atoms with Crippen LogP contribution in [0, 0.1) is 0 Å². The molecular weight excluding hydrogens is 330 g/mol. The summed E-state index contributed by atoms with van der Waals surface area (Å²) in [6.07, 6.45) is 1.23. The molecular formula is C12H16BrN3O2S. The van der Waals surface area contributed by atoms with Crippen molar-refractivity contribution in [1.82, 2.24) is 9.55 Å². The first-order chi connectivity index (χ1) is 8.62. The van der Waals surface area contributed by atoms with Gasteiger partial charge in [0.25, 0.3) is 0 Å². The minimum absolute atomic E-state index is 0.268. The Morgan fingerprint density at radius 3 is 2.63 bits per heavy atom. The quantitative estimate of drug-likeness (QED) is 0.924. The van der Waals surface area contributed by atoms with Gasteiger partial charge < -0.3 is 10.3 Å². The van der Waals surface area contributed by atoms with E-state index in [0.717, 1.165) is 15.5 Å². The molecule has 2 aromatic rings. The summed E-state index contributed by atoms with van der Waals surface area (Å²) in [5.74, 6) is 0.324. The lowest BCUT2D eigenvalue weighted by molar-refractivity contribution is 0.511. The van der Waals surface area contributed by atoms with Crippen LogP contribution in [0.1, 0.15) is 13.8 Å². The van der Waals surface area contributed by atoms with Gasteiger partial charge >= 0.3 is 0 Å². The number of hydrogen-bond acceptors (Lipinski definition) is 4. The highest BCUT2D eigenvalue weighted by Gasteiger charge is 2.31. The highest BCUT2D eigenvalue weighted by Crippen LogP contribution is 2.26. The van der Waals surface area contributed by atoms with Crippen LogP contribution in [0.3, 0.4) is 0 Å². The Kier molecular flexibility index (Phi) is 3.38. The van der Waals surface area contributed by atoms with E-state index in [1.54, 1.807) is 18.4 Å². The SMILES string of the molecule is CC(C)(Cn1c(N)nc2ccc(Br)cc21)S(C)(=O)=O. The topological polar surface area (TPSA) is 78.0 Å². The number of aromatic nitrogens is 2. The number of anilines is 1. The van der Waals surface area contributed by atoms with Gasteiger partial charge in [0.2, 0.25) is 5.95 Å². The van der Waals surface area contributed by atoms with Crippen molar-refractivity contribution >= 4 is 42.7 Å². The third-order valence-corrected chi connectivity index (χ3v) is 5.91. The molecule has 0 fully saturated rings. The summed E-state index contributed by atoms with van der Waals surface area (Å²) in [6, 6.07) is 5.61. The van der Waals surface area contributed by atoms with Gasteiger partial charge in [0, 0.05) is 17.3 Å². The second kappa shape index (κ2) is 4.49. The molecule has 0 atom stereocenters. The van der Waals surface area contributed by atoms with Crippen LogP contribution in [0.15, 0.2) is 22.7 Å². The normalized spacial score (nSPS) is 13.1. The molecule has 104 valence electrons. The fraction of sp³-hybridized carbons (Fsp3) is 0.417. The molecule has 5 nitrogen and oxygen atoms in total. The Morgan fingerprint density at radius 2 is 2.05 bits per heavy atom. The van der Waals surface area contributed by atoms with Gasteiger partial charge in [-0.3, -0.25) is 0 Å². The molecule has 7 heteroatoms. The minimum atomic E-state index is -3.19. The average molecular weight is 346 g/mol. The standard InChI is InChI=1S/C12H16BrN3O2S/c1-12(2,19(3,17)18)7-16-10-6-8(13)4-5-9(10)15-11(16)14/h4-6H,7H2,1-3H3,(H2,14,15). The summed E-state index contributed by atoms with van der Waals surface area (Å²) >= 11 is 3.39. The van der Waals surface area contributed by atoms with Crippen molar-refractivity contribution in [2.75, 3.05) is 12.0 Å². The molecule has 0 saturated carbocycles. The summed E-state index contributed by atoms with van der Waals surface area (Å²) in [7, 11) is -3.19. The van der Waals surface area contributed by atoms with E-state index in [9.17, 15) is 8.42 Å². The number of halogens is 1. The summed E-state index contributed by atoms with van der Waals surface area (Å²) < 4.78 is 25.4. The van der Waals surface area contributed by atoms with E-state index in [0.29, 0.717) is 5.95 Å². The van der Waals surface area contributed by atoms with Gasteiger partial charge in [0.15, 0.2) is 9.84 Å². The highest BCUT2D eigenvalue weighted by molar-refractivity contribution is 9.10. The van der Waals surface area contributed by atoms with Crippen LogP contribution in [-0.4, -0.2) is 29.0 Å². The lowest BCUT2D eigenvalue weighted by Crippen LogP contribution is -2.36. The maximum absolute atomic E-state index is 11.8. The number of imidazole rings is 1. The predicted octanol–water partition coefficient (Wildman–Crippen LogP) is 2.20. The lowest BCUT2D eigenvalue weighted by Gasteiger charge is -2.23. The molecule has 0 radical (unpaired) electrons. The zero-order chi connectivity index (χ0) is 14.4. The van der Waals surface area contributed by atoms with E-state index in [1.807, 2.05) is 18.2 Å². The molecule has 0 aliphatic carbocycles. The molecule has 0 aliphatic rings. The summed E-state index contributed by atoms with van der Waals surface area (Å²) in [5.41, 5.74) is 7.47. The molecule has 0 bridgehead atoms. The second-order valence-electron chi connectivity index (χ2n) is 5.22. The monoisotopic (exact) mass is 345 g/mol. The van der Waals surface area contributed by atoms with Gasteiger partial charge in [-0.15, -0.1) is 0 Å². The fourth-order valence-electron chi connectivity index (χ4n) is 1.78. The van der Waals surface area contributed by atoms with Gasteiger partial charge in [0.05, 0.1) is 15.8 Å². The fourth-order valence-corrected chi connectivity index (χ4v) is 2.49. The van der Waals surface area contributed by atoms with E-state index >= 15 is 0 Å². The summed E-state index contributed by atoms with van der Waals surface area (Å²) in [5, 5.41) is 0. The van der Waals surface area contributed by atoms with Gasteiger partial charge in [-0.25, -0.2) is 13.4 Å². The number of fused-ring (bicyclic) bond motifs is 1. The number of sulfone groups is 1. The molecule has 0 amide bonds. The van der Waals surface area contributed by atoms with E-state index in [2.05, 4.69) is 20.9 Å². The summed E-state index contributed by atoms with van der Waals surface area (Å²) in [4.78, 5) is 4.25. The van der Waals surface area contributed by atoms with Crippen molar-refractivity contribution < 1.29 is 8.42 Å².